The molecule has 0 rings (SSSR count). The molecular weight excluding hydrogens is 290 g/mol. The normalized spacial score (nSPS) is 9.30. The van der Waals surface area contributed by atoms with Crippen molar-refractivity contribution < 1.29 is 0 Å². The third-order valence-electron chi connectivity index (χ3n) is 0.482. The summed E-state index contributed by atoms with van der Waals surface area (Å²) in [6, 6.07) is 0. The second-order valence-electron chi connectivity index (χ2n) is 1.04. The molecule has 56 valence electrons. The van der Waals surface area contributed by atoms with E-state index in [-0.39, 0.29) is 0 Å². The van der Waals surface area contributed by atoms with Crippen LogP contribution in [0.4, 0.5) is 0 Å². The minimum atomic E-state index is -1.24. The Hall–Kier alpha value is 1.09. The Kier molecular flexibility index (Phi) is 9.08. The van der Waals surface area contributed by atoms with Gasteiger partial charge in [0.15, 0.2) is 0 Å². The van der Waals surface area contributed by atoms with Gasteiger partial charge in [-0.3, -0.25) is 0 Å². The van der Waals surface area contributed by atoms with Crippen LogP contribution in [0, 0.1) is 0 Å². The summed E-state index contributed by atoms with van der Waals surface area (Å²) in [5.74, 6) is 0. The molecule has 0 aliphatic carbocycles. The van der Waals surface area contributed by atoms with Gasteiger partial charge < -0.3 is 0 Å². The molecule has 0 unspecified atom stereocenters. The molecule has 0 amide bonds. The molecule has 0 aromatic heterocycles. The van der Waals surface area contributed by atoms with Gasteiger partial charge in [-0.2, -0.15) is 0 Å². The molecule has 0 radical (unpaired) electrons. The van der Waals surface area contributed by atoms with E-state index in [1.807, 2.05) is 42.8 Å². The topological polar surface area (TPSA) is 0 Å². The van der Waals surface area contributed by atoms with Crippen molar-refractivity contribution in [3.8, 4) is 0 Å². The van der Waals surface area contributed by atoms with Gasteiger partial charge in [0, 0.05) is 0 Å². The maximum atomic E-state index is 3.68. The average Bonchev–Trinajstić information content (AvgIpc) is 1.90. The zero-order valence-corrected chi connectivity index (χ0v) is 10.5. The molecule has 0 saturated heterocycles. The van der Waals surface area contributed by atoms with E-state index in [9.17, 15) is 0 Å². The molecule has 0 saturated carbocycles. The van der Waals surface area contributed by atoms with Crippen molar-refractivity contribution in [2.24, 2.45) is 0 Å². The van der Waals surface area contributed by atoms with Crippen LogP contribution in [0.25, 0.3) is 0 Å². The van der Waals surface area contributed by atoms with E-state index >= 15 is 0 Å². The number of hydrogen-bond donors (Lipinski definition) is 0. The molecule has 0 aromatic rings. The molecule has 10 heavy (non-hydrogen) atoms. The molecule has 0 atom stereocenters. The van der Waals surface area contributed by atoms with Crippen LogP contribution < -0.4 is 0 Å². The molecule has 0 bridgehead atoms. The summed E-state index contributed by atoms with van der Waals surface area (Å²) in [5.41, 5.74) is 0. The summed E-state index contributed by atoms with van der Waals surface area (Å²) >= 11 is -1.24. The quantitative estimate of drug-likeness (QED) is 0.688. The predicted octanol–water partition coefficient (Wildman–Crippen LogP) is 3.60. The average molecular weight is 299 g/mol. The Morgan fingerprint density at radius 1 is 0.800 bits per heavy atom. The van der Waals surface area contributed by atoms with Gasteiger partial charge in [-0.15, -0.1) is 0 Å². The van der Waals surface area contributed by atoms with Crippen LogP contribution in [0.15, 0.2) is 36.0 Å². The molecule has 0 aromatic carbocycles. The van der Waals surface area contributed by atoms with E-state index < -0.39 is 16.0 Å². The van der Waals surface area contributed by atoms with Gasteiger partial charge >= 0.3 is 78.5 Å². The third-order valence-corrected chi connectivity index (χ3v) is 20.1. The van der Waals surface area contributed by atoms with Crippen LogP contribution in [-0.2, 0) is 0 Å². The second-order valence-corrected chi connectivity index (χ2v) is 21.4. The van der Waals surface area contributed by atoms with Crippen LogP contribution >= 0.6 is 26.5 Å². The third kappa shape index (κ3) is 5.84. The van der Waals surface area contributed by atoms with Crippen LogP contribution in [0.3, 0.4) is 0 Å². The van der Waals surface area contributed by atoms with Gasteiger partial charge in [0.05, 0.1) is 0 Å². The van der Waals surface area contributed by atoms with Crippen molar-refractivity contribution in [3.05, 3.63) is 36.0 Å². The van der Waals surface area contributed by atoms with E-state index in [1.165, 1.54) is 0 Å². The summed E-state index contributed by atoms with van der Waals surface area (Å²) in [7, 11) is 5.57. The number of hydrogen-bond acceptors (Lipinski definition) is 3. The van der Waals surface area contributed by atoms with E-state index in [4.69, 9.17) is 0 Å². The Morgan fingerprint density at radius 2 is 1.10 bits per heavy atom. The molecule has 0 heterocycles. The van der Waals surface area contributed by atoms with E-state index in [0.29, 0.717) is 0 Å². The Bertz CT molecular complexity index is 100. The van der Waals surface area contributed by atoms with Gasteiger partial charge in [-0.05, 0) is 0 Å². The van der Waals surface area contributed by atoms with E-state index in [0.717, 1.165) is 0 Å². The van der Waals surface area contributed by atoms with Crippen molar-refractivity contribution in [2.75, 3.05) is 0 Å². The first-order chi connectivity index (χ1) is 4.85. The summed E-state index contributed by atoms with van der Waals surface area (Å²) in [4.78, 5) is 0. The fourth-order valence-electron chi connectivity index (χ4n) is 0.257. The Labute approximate surface area is 77.8 Å². The van der Waals surface area contributed by atoms with E-state index in [2.05, 4.69) is 19.7 Å². The summed E-state index contributed by atoms with van der Waals surface area (Å²) in [6.07, 6.45) is 0. The Balaban J connectivity index is 3.58. The van der Waals surface area contributed by atoms with Crippen molar-refractivity contribution in [1.29, 1.82) is 0 Å². The standard InChI is InChI=1S/3C2H4S.Sb/c3*1-2-3;/h3*2-3H,1H2;/q;;;+3/p-3. The molecule has 0 aliphatic heterocycles. The number of rotatable bonds is 6. The van der Waals surface area contributed by atoms with Crippen LogP contribution in [0.2, 0.25) is 0 Å². The molecule has 4 heteroatoms. The molecule has 0 nitrogen and oxygen atoms in total. The summed E-state index contributed by atoms with van der Waals surface area (Å²) in [5, 5.41) is 5.74. The van der Waals surface area contributed by atoms with Crippen LogP contribution in [0.1, 0.15) is 0 Å². The second kappa shape index (κ2) is 8.19. The first-order valence-corrected chi connectivity index (χ1v) is 14.4. The fourth-order valence-corrected chi connectivity index (χ4v) is 15.5. The first-order valence-electron chi connectivity index (χ1n) is 2.48. The molecule has 0 fully saturated rings. The zero-order chi connectivity index (χ0) is 7.82. The molecular formula is C6H9S3Sb. The Morgan fingerprint density at radius 3 is 1.30 bits per heavy atom. The van der Waals surface area contributed by atoms with Gasteiger partial charge in [0.1, 0.15) is 0 Å². The van der Waals surface area contributed by atoms with Crippen molar-refractivity contribution in [2.45, 2.75) is 0 Å². The fraction of sp³-hybridized carbons (Fsp3) is 0. The van der Waals surface area contributed by atoms with Crippen molar-refractivity contribution >= 4 is 42.6 Å². The zero-order valence-electron chi connectivity index (χ0n) is 5.53. The van der Waals surface area contributed by atoms with Crippen molar-refractivity contribution in [1.82, 2.24) is 0 Å². The predicted molar refractivity (Wildman–Crippen MR) is 59.1 cm³/mol. The molecule has 0 spiro atoms. The summed E-state index contributed by atoms with van der Waals surface area (Å²) < 4.78 is 0. The molecule has 0 aliphatic rings. The van der Waals surface area contributed by atoms with Gasteiger partial charge in [0.25, 0.3) is 0 Å². The van der Waals surface area contributed by atoms with Crippen LogP contribution in [0.5, 0.6) is 0 Å². The first kappa shape index (κ1) is 11.1. The summed E-state index contributed by atoms with van der Waals surface area (Å²) in [6.45, 7) is 11.0. The van der Waals surface area contributed by atoms with Gasteiger partial charge in [0.2, 0.25) is 0 Å². The van der Waals surface area contributed by atoms with Crippen LogP contribution in [-0.4, -0.2) is 16.0 Å². The minimum absolute atomic E-state index is 1.24. The monoisotopic (exact) mass is 298 g/mol. The van der Waals surface area contributed by atoms with Gasteiger partial charge in [-0.25, -0.2) is 0 Å². The van der Waals surface area contributed by atoms with Gasteiger partial charge in [-0.1, -0.05) is 0 Å². The SMILES string of the molecule is C=C[S][Sb]([S]C=C)[S]C=C. The molecule has 0 N–H and O–H groups in total. The van der Waals surface area contributed by atoms with Crippen molar-refractivity contribution in [3.63, 3.8) is 0 Å². The maximum absolute atomic E-state index is 3.68. The van der Waals surface area contributed by atoms with E-state index in [1.54, 1.807) is 0 Å².